The molecular formula is C20H27N3O3. The normalized spacial score (nSPS) is 25.8. The van der Waals surface area contributed by atoms with Crippen LogP contribution in [0.5, 0.6) is 0 Å². The molecule has 1 amide bonds. The molecule has 2 saturated heterocycles. The number of hydrogen-bond donors (Lipinski definition) is 0. The molecule has 140 valence electrons. The van der Waals surface area contributed by atoms with Gasteiger partial charge in [-0.15, -0.1) is 0 Å². The number of nitro groups is 1. The highest BCUT2D eigenvalue weighted by molar-refractivity contribution is 6.00. The summed E-state index contributed by atoms with van der Waals surface area (Å²) in [7, 11) is 0. The number of amides is 1. The molecule has 0 aromatic heterocycles. The number of anilines is 1. The van der Waals surface area contributed by atoms with Crippen LogP contribution in [0, 0.1) is 22.0 Å². The van der Waals surface area contributed by atoms with E-state index in [1.807, 2.05) is 4.90 Å². The molecule has 6 nitrogen and oxygen atoms in total. The smallest absolute Gasteiger partial charge is 0.270 e. The van der Waals surface area contributed by atoms with Crippen molar-refractivity contribution in [3.63, 3.8) is 0 Å². The Morgan fingerprint density at radius 1 is 1.00 bits per heavy atom. The van der Waals surface area contributed by atoms with Crippen LogP contribution in [0.25, 0.3) is 0 Å². The molecule has 1 aliphatic carbocycles. The van der Waals surface area contributed by atoms with Crippen LogP contribution in [-0.4, -0.2) is 41.9 Å². The topological polar surface area (TPSA) is 66.7 Å². The zero-order chi connectivity index (χ0) is 18.1. The predicted molar refractivity (Wildman–Crippen MR) is 101 cm³/mol. The summed E-state index contributed by atoms with van der Waals surface area (Å²) in [5.74, 6) is 1.34. The maximum absolute atomic E-state index is 13.3. The van der Waals surface area contributed by atoms with Crippen molar-refractivity contribution in [3.05, 3.63) is 33.9 Å². The molecular weight excluding hydrogens is 330 g/mol. The van der Waals surface area contributed by atoms with E-state index >= 15 is 0 Å². The Kier molecular flexibility index (Phi) is 4.83. The van der Waals surface area contributed by atoms with E-state index in [-0.39, 0.29) is 11.6 Å². The Hall–Kier alpha value is -2.11. The van der Waals surface area contributed by atoms with Gasteiger partial charge in [0.25, 0.3) is 11.6 Å². The fraction of sp³-hybridized carbons (Fsp3) is 0.650. The van der Waals surface area contributed by atoms with Gasteiger partial charge in [-0.1, -0.05) is 19.3 Å². The number of carbonyl (C=O) groups is 1. The van der Waals surface area contributed by atoms with Crippen molar-refractivity contribution in [2.45, 2.75) is 44.9 Å². The number of rotatable bonds is 3. The minimum Gasteiger partial charge on any atom is -0.371 e. The average Bonchev–Trinajstić information content (AvgIpc) is 3.21. The van der Waals surface area contributed by atoms with Gasteiger partial charge < -0.3 is 9.80 Å². The zero-order valence-electron chi connectivity index (χ0n) is 15.2. The molecule has 0 unspecified atom stereocenters. The van der Waals surface area contributed by atoms with Gasteiger partial charge in [0.15, 0.2) is 0 Å². The van der Waals surface area contributed by atoms with Crippen LogP contribution in [0.3, 0.4) is 0 Å². The molecule has 0 spiro atoms. The first-order valence-corrected chi connectivity index (χ1v) is 9.96. The number of hydrogen-bond acceptors (Lipinski definition) is 4. The van der Waals surface area contributed by atoms with Crippen molar-refractivity contribution < 1.29 is 9.72 Å². The van der Waals surface area contributed by atoms with E-state index in [1.54, 1.807) is 6.07 Å². The van der Waals surface area contributed by atoms with E-state index in [0.29, 0.717) is 11.5 Å². The Morgan fingerprint density at radius 3 is 2.46 bits per heavy atom. The molecule has 2 atom stereocenters. The monoisotopic (exact) mass is 357 g/mol. The van der Waals surface area contributed by atoms with Gasteiger partial charge in [-0.2, -0.15) is 0 Å². The second-order valence-electron chi connectivity index (χ2n) is 8.00. The SMILES string of the molecule is O=C(c1cc([N+](=O)[O-])ccc1N1CCCC1)N1CC[C@H]2CCCC[C@@H]2C1. The van der Waals surface area contributed by atoms with Crippen LogP contribution in [0.15, 0.2) is 18.2 Å². The van der Waals surface area contributed by atoms with E-state index in [4.69, 9.17) is 0 Å². The van der Waals surface area contributed by atoms with Crippen molar-refractivity contribution in [1.82, 2.24) is 4.90 Å². The number of nitro benzene ring substituents is 1. The molecule has 3 fully saturated rings. The lowest BCUT2D eigenvalue weighted by Crippen LogP contribution is -2.45. The fourth-order valence-electron chi connectivity index (χ4n) is 5.00. The number of benzene rings is 1. The summed E-state index contributed by atoms with van der Waals surface area (Å²) in [6.45, 7) is 3.43. The Labute approximate surface area is 154 Å². The molecule has 2 heterocycles. The maximum Gasteiger partial charge on any atom is 0.270 e. The van der Waals surface area contributed by atoms with Crippen molar-refractivity contribution in [2.75, 3.05) is 31.1 Å². The second-order valence-corrected chi connectivity index (χ2v) is 8.00. The molecule has 0 radical (unpaired) electrons. The molecule has 26 heavy (non-hydrogen) atoms. The first-order chi connectivity index (χ1) is 12.6. The Morgan fingerprint density at radius 2 is 1.73 bits per heavy atom. The number of carbonyl (C=O) groups excluding carboxylic acids is 1. The quantitative estimate of drug-likeness (QED) is 0.609. The minimum atomic E-state index is -0.405. The summed E-state index contributed by atoms with van der Waals surface area (Å²) >= 11 is 0. The molecule has 0 bridgehead atoms. The summed E-state index contributed by atoms with van der Waals surface area (Å²) in [6.07, 6.45) is 8.38. The Balaban J connectivity index is 1.61. The van der Waals surface area contributed by atoms with Gasteiger partial charge in [-0.25, -0.2) is 0 Å². The number of fused-ring (bicyclic) bond motifs is 1. The lowest BCUT2D eigenvalue weighted by Gasteiger charge is -2.41. The standard InChI is InChI=1S/C20H27N3O3/c24-20(22-12-9-15-5-1-2-6-16(15)14-22)18-13-17(23(25)26)7-8-19(18)21-10-3-4-11-21/h7-8,13,15-16H,1-6,9-12,14H2/t15-,16-/m1/s1. The van der Waals surface area contributed by atoms with Crippen molar-refractivity contribution in [1.29, 1.82) is 0 Å². The number of nitrogens with zero attached hydrogens (tertiary/aromatic N) is 3. The number of likely N-dealkylation sites (tertiary alicyclic amines) is 1. The van der Waals surface area contributed by atoms with Crippen molar-refractivity contribution >= 4 is 17.3 Å². The summed E-state index contributed by atoms with van der Waals surface area (Å²) in [4.78, 5) is 28.3. The van der Waals surface area contributed by atoms with E-state index in [2.05, 4.69) is 4.90 Å². The lowest BCUT2D eigenvalue weighted by atomic mass is 9.75. The summed E-state index contributed by atoms with van der Waals surface area (Å²) in [6, 6.07) is 4.78. The summed E-state index contributed by atoms with van der Waals surface area (Å²) in [5, 5.41) is 11.2. The lowest BCUT2D eigenvalue weighted by molar-refractivity contribution is -0.384. The highest BCUT2D eigenvalue weighted by atomic mass is 16.6. The van der Waals surface area contributed by atoms with Crippen LogP contribution in [0.4, 0.5) is 11.4 Å². The van der Waals surface area contributed by atoms with Crippen LogP contribution < -0.4 is 4.90 Å². The van der Waals surface area contributed by atoms with Gasteiger partial charge in [0, 0.05) is 38.3 Å². The minimum absolute atomic E-state index is 0.00356. The van der Waals surface area contributed by atoms with E-state index in [0.717, 1.165) is 57.0 Å². The molecule has 3 aliphatic rings. The fourth-order valence-corrected chi connectivity index (χ4v) is 5.00. The molecule has 1 saturated carbocycles. The third-order valence-electron chi connectivity index (χ3n) is 6.45. The van der Waals surface area contributed by atoms with Gasteiger partial charge in [0.2, 0.25) is 0 Å². The summed E-state index contributed by atoms with van der Waals surface area (Å²) < 4.78 is 0. The van der Waals surface area contributed by atoms with E-state index in [9.17, 15) is 14.9 Å². The molecule has 1 aromatic carbocycles. The van der Waals surface area contributed by atoms with Gasteiger partial charge in [-0.3, -0.25) is 14.9 Å². The second kappa shape index (κ2) is 7.25. The van der Waals surface area contributed by atoms with Gasteiger partial charge in [0.1, 0.15) is 0 Å². The molecule has 2 aliphatic heterocycles. The van der Waals surface area contributed by atoms with Crippen LogP contribution in [-0.2, 0) is 0 Å². The highest BCUT2D eigenvalue weighted by Gasteiger charge is 2.34. The Bertz CT molecular complexity index is 700. The van der Waals surface area contributed by atoms with E-state index in [1.165, 1.54) is 37.8 Å². The van der Waals surface area contributed by atoms with Crippen molar-refractivity contribution in [2.24, 2.45) is 11.8 Å². The zero-order valence-corrected chi connectivity index (χ0v) is 15.2. The first kappa shape index (κ1) is 17.3. The molecule has 4 rings (SSSR count). The third-order valence-corrected chi connectivity index (χ3v) is 6.45. The molecule has 1 aromatic rings. The predicted octanol–water partition coefficient (Wildman–Crippen LogP) is 3.85. The van der Waals surface area contributed by atoms with Gasteiger partial charge >= 0.3 is 0 Å². The van der Waals surface area contributed by atoms with Crippen molar-refractivity contribution in [3.8, 4) is 0 Å². The molecule has 6 heteroatoms. The number of non-ortho nitro benzene ring substituents is 1. The number of piperidine rings is 1. The third kappa shape index (κ3) is 3.29. The van der Waals surface area contributed by atoms with Gasteiger partial charge in [0.05, 0.1) is 16.2 Å². The largest absolute Gasteiger partial charge is 0.371 e. The van der Waals surface area contributed by atoms with E-state index < -0.39 is 4.92 Å². The maximum atomic E-state index is 13.3. The average molecular weight is 357 g/mol. The molecule has 0 N–H and O–H groups in total. The van der Waals surface area contributed by atoms with Gasteiger partial charge in [-0.05, 0) is 43.6 Å². The van der Waals surface area contributed by atoms with Crippen LogP contribution >= 0.6 is 0 Å². The first-order valence-electron chi connectivity index (χ1n) is 9.96. The van der Waals surface area contributed by atoms with Crippen LogP contribution in [0.1, 0.15) is 55.3 Å². The summed E-state index contributed by atoms with van der Waals surface area (Å²) in [5.41, 5.74) is 1.38. The van der Waals surface area contributed by atoms with Crippen LogP contribution in [0.2, 0.25) is 0 Å². The highest BCUT2D eigenvalue weighted by Crippen LogP contribution is 2.37.